The van der Waals surface area contributed by atoms with E-state index in [4.69, 9.17) is 4.98 Å². The lowest BCUT2D eigenvalue weighted by Crippen LogP contribution is -2.31. The molecule has 1 aliphatic heterocycles. The molecular weight excluding hydrogens is 450 g/mol. The van der Waals surface area contributed by atoms with Gasteiger partial charge in [0.15, 0.2) is 0 Å². The van der Waals surface area contributed by atoms with E-state index in [9.17, 15) is 0 Å². The van der Waals surface area contributed by atoms with Crippen LogP contribution >= 0.6 is 11.3 Å². The minimum Gasteiger partial charge on any atom is -0.370 e. The van der Waals surface area contributed by atoms with Gasteiger partial charge in [0.1, 0.15) is 0 Å². The molecule has 178 valence electrons. The van der Waals surface area contributed by atoms with Gasteiger partial charge in [-0.1, -0.05) is 50.2 Å². The molecule has 4 aromatic rings. The summed E-state index contributed by atoms with van der Waals surface area (Å²) in [6, 6.07) is 21.6. The molecule has 0 aliphatic carbocycles. The van der Waals surface area contributed by atoms with Crippen molar-refractivity contribution in [2.24, 2.45) is 0 Å². The Morgan fingerprint density at radius 3 is 2.60 bits per heavy atom. The van der Waals surface area contributed by atoms with Crippen LogP contribution in [0.3, 0.4) is 0 Å². The molecule has 0 saturated carbocycles. The molecule has 2 aromatic carbocycles. The third kappa shape index (κ3) is 5.23. The lowest BCUT2D eigenvalue weighted by Gasteiger charge is -2.22. The van der Waals surface area contributed by atoms with E-state index in [1.54, 1.807) is 11.3 Å². The second-order valence-electron chi connectivity index (χ2n) is 9.32. The summed E-state index contributed by atoms with van der Waals surface area (Å²) in [5, 5.41) is 6.66. The van der Waals surface area contributed by atoms with Gasteiger partial charge in [0, 0.05) is 35.7 Å². The molecule has 5 nitrogen and oxygen atoms in total. The van der Waals surface area contributed by atoms with Crippen molar-refractivity contribution >= 4 is 23.0 Å². The quantitative estimate of drug-likeness (QED) is 0.291. The Hall–Kier alpha value is -3.64. The smallest absolute Gasteiger partial charge is 0.227 e. The average molecular weight is 482 g/mol. The number of rotatable bonds is 7. The lowest BCUT2D eigenvalue weighted by molar-refractivity contribution is 0.290. The zero-order chi connectivity index (χ0) is 24.4. The van der Waals surface area contributed by atoms with Crippen molar-refractivity contribution in [2.75, 3.05) is 5.32 Å². The number of thiophene rings is 1. The first-order valence-corrected chi connectivity index (χ1v) is 12.9. The third-order valence-electron chi connectivity index (χ3n) is 6.33. The van der Waals surface area contributed by atoms with Crippen molar-refractivity contribution in [3.63, 3.8) is 0 Å². The highest BCUT2D eigenvalue weighted by Gasteiger charge is 2.14. The first kappa shape index (κ1) is 23.1. The van der Waals surface area contributed by atoms with Crippen LogP contribution in [0.15, 0.2) is 79.3 Å². The predicted molar refractivity (Wildman–Crippen MR) is 147 cm³/mol. The average Bonchev–Trinajstić information content (AvgIpc) is 3.51. The Morgan fingerprint density at radius 2 is 1.86 bits per heavy atom. The SMILES string of the molecule is Cc1cnc(Nc2ccc(CN3C=CNC3C)cc2)nc1-c1ccc(-c2cccc(C(C)C)c2)s1. The van der Waals surface area contributed by atoms with Crippen molar-refractivity contribution in [1.29, 1.82) is 0 Å². The van der Waals surface area contributed by atoms with Crippen LogP contribution in [-0.2, 0) is 6.54 Å². The van der Waals surface area contributed by atoms with Crippen LogP contribution < -0.4 is 10.6 Å². The topological polar surface area (TPSA) is 53.1 Å². The number of benzene rings is 2. The highest BCUT2D eigenvalue weighted by molar-refractivity contribution is 7.18. The highest BCUT2D eigenvalue weighted by Crippen LogP contribution is 2.36. The Morgan fingerprint density at radius 1 is 1.06 bits per heavy atom. The van der Waals surface area contributed by atoms with E-state index >= 15 is 0 Å². The van der Waals surface area contributed by atoms with Gasteiger partial charge in [-0.3, -0.25) is 0 Å². The Bertz CT molecular complexity index is 1340. The minimum atomic E-state index is 0.323. The van der Waals surface area contributed by atoms with E-state index in [1.807, 2.05) is 12.4 Å². The fourth-order valence-corrected chi connectivity index (χ4v) is 5.21. The van der Waals surface area contributed by atoms with Crippen molar-refractivity contribution in [3.8, 4) is 21.0 Å². The normalized spacial score (nSPS) is 15.0. The van der Waals surface area contributed by atoms with Crippen LogP contribution in [0.1, 0.15) is 43.4 Å². The van der Waals surface area contributed by atoms with E-state index in [0.717, 1.165) is 28.4 Å². The molecule has 0 fully saturated rings. The zero-order valence-corrected chi connectivity index (χ0v) is 21.4. The lowest BCUT2D eigenvalue weighted by atomic mass is 10.0. The summed E-state index contributed by atoms with van der Waals surface area (Å²) in [5.41, 5.74) is 6.88. The largest absolute Gasteiger partial charge is 0.370 e. The fraction of sp³-hybridized carbons (Fsp3) is 0.241. The minimum absolute atomic E-state index is 0.323. The van der Waals surface area contributed by atoms with E-state index in [1.165, 1.54) is 21.6 Å². The van der Waals surface area contributed by atoms with Gasteiger partial charge >= 0.3 is 0 Å². The fourth-order valence-electron chi connectivity index (χ4n) is 4.15. The zero-order valence-electron chi connectivity index (χ0n) is 20.6. The Kier molecular flexibility index (Phi) is 6.55. The van der Waals surface area contributed by atoms with Gasteiger partial charge in [-0.15, -0.1) is 11.3 Å². The van der Waals surface area contributed by atoms with Gasteiger partial charge in [-0.2, -0.15) is 0 Å². The summed E-state index contributed by atoms with van der Waals surface area (Å²) >= 11 is 1.77. The van der Waals surface area contributed by atoms with Crippen LogP contribution in [0.5, 0.6) is 0 Å². The van der Waals surface area contributed by atoms with Crippen molar-refractivity contribution in [3.05, 3.63) is 96.0 Å². The van der Waals surface area contributed by atoms with Gasteiger partial charge < -0.3 is 15.5 Å². The van der Waals surface area contributed by atoms with E-state index in [-0.39, 0.29) is 0 Å². The van der Waals surface area contributed by atoms with E-state index < -0.39 is 0 Å². The summed E-state index contributed by atoms with van der Waals surface area (Å²) in [7, 11) is 0. The van der Waals surface area contributed by atoms with Crippen molar-refractivity contribution < 1.29 is 0 Å². The summed E-state index contributed by atoms with van der Waals surface area (Å²) in [5.74, 6) is 1.12. The maximum atomic E-state index is 4.87. The summed E-state index contributed by atoms with van der Waals surface area (Å²) in [4.78, 5) is 14.1. The van der Waals surface area contributed by atoms with Crippen LogP contribution in [-0.4, -0.2) is 21.0 Å². The number of nitrogens with one attached hydrogen (secondary N) is 2. The molecule has 2 N–H and O–H groups in total. The molecule has 1 unspecified atom stereocenters. The number of hydrogen-bond donors (Lipinski definition) is 2. The monoisotopic (exact) mass is 481 g/mol. The molecule has 1 atom stereocenters. The highest BCUT2D eigenvalue weighted by atomic mass is 32.1. The Balaban J connectivity index is 1.32. The molecule has 0 spiro atoms. The number of nitrogens with zero attached hydrogens (tertiary/aromatic N) is 3. The molecule has 35 heavy (non-hydrogen) atoms. The van der Waals surface area contributed by atoms with Gasteiger partial charge in [0.2, 0.25) is 5.95 Å². The molecule has 1 aliphatic rings. The van der Waals surface area contributed by atoms with Crippen LogP contribution in [0.25, 0.3) is 21.0 Å². The first-order valence-electron chi connectivity index (χ1n) is 12.0. The summed E-state index contributed by atoms with van der Waals surface area (Å²) < 4.78 is 0. The molecular formula is C29H31N5S. The Labute approximate surface area is 211 Å². The van der Waals surface area contributed by atoms with Crippen LogP contribution in [0.4, 0.5) is 11.6 Å². The number of aryl methyl sites for hydroxylation is 1. The number of aromatic nitrogens is 2. The predicted octanol–water partition coefficient (Wildman–Crippen LogP) is 7.27. The molecule has 6 heteroatoms. The van der Waals surface area contributed by atoms with Gasteiger partial charge in [0.25, 0.3) is 0 Å². The van der Waals surface area contributed by atoms with Gasteiger partial charge in [-0.25, -0.2) is 9.97 Å². The van der Waals surface area contributed by atoms with Crippen molar-refractivity contribution in [2.45, 2.75) is 46.3 Å². The molecule has 3 heterocycles. The molecule has 0 radical (unpaired) electrons. The van der Waals surface area contributed by atoms with Gasteiger partial charge in [-0.05, 0) is 66.3 Å². The first-order chi connectivity index (χ1) is 17.0. The molecule has 0 amide bonds. The molecule has 0 saturated heterocycles. The van der Waals surface area contributed by atoms with Crippen LogP contribution in [0, 0.1) is 6.92 Å². The van der Waals surface area contributed by atoms with E-state index in [2.05, 4.69) is 115 Å². The maximum absolute atomic E-state index is 4.87. The molecule has 0 bridgehead atoms. The number of anilines is 2. The summed E-state index contributed by atoms with van der Waals surface area (Å²) in [6.07, 6.45) is 6.30. The molecule has 2 aromatic heterocycles. The standard InChI is InChI=1S/C29H31N5S/c1-19(2)23-6-5-7-24(16-23)26-12-13-27(35-26)28-20(3)17-31-29(33-28)32-25-10-8-22(9-11-25)18-34-15-14-30-21(34)4/h5-17,19,21,30H,18H2,1-4H3,(H,31,32,33). The second-order valence-corrected chi connectivity index (χ2v) is 10.4. The van der Waals surface area contributed by atoms with E-state index in [0.29, 0.717) is 18.0 Å². The maximum Gasteiger partial charge on any atom is 0.227 e. The summed E-state index contributed by atoms with van der Waals surface area (Å²) in [6.45, 7) is 9.55. The van der Waals surface area contributed by atoms with Crippen LogP contribution in [0.2, 0.25) is 0 Å². The third-order valence-corrected chi connectivity index (χ3v) is 7.47. The number of hydrogen-bond acceptors (Lipinski definition) is 6. The molecule has 5 rings (SSSR count). The van der Waals surface area contributed by atoms with Crippen molar-refractivity contribution in [1.82, 2.24) is 20.2 Å². The second kappa shape index (κ2) is 9.92. The van der Waals surface area contributed by atoms with Gasteiger partial charge in [0.05, 0.1) is 16.7 Å².